The number of likely N-dealkylation sites (tertiary alicyclic amines) is 1. The number of nitrogens with zero attached hydrogens (tertiary/aromatic N) is 3. The molecular formula is C24H35N3O4S. The number of piperidine rings is 1. The lowest BCUT2D eigenvalue weighted by atomic mass is 9.90. The molecule has 0 bridgehead atoms. The van der Waals surface area contributed by atoms with E-state index in [1.54, 1.807) is 22.5 Å². The van der Waals surface area contributed by atoms with Gasteiger partial charge in [0.2, 0.25) is 21.8 Å². The number of amides is 2. The molecule has 0 aliphatic carbocycles. The van der Waals surface area contributed by atoms with E-state index in [0.29, 0.717) is 37.6 Å². The van der Waals surface area contributed by atoms with Crippen LogP contribution in [0, 0.1) is 11.3 Å². The van der Waals surface area contributed by atoms with E-state index in [-0.39, 0.29) is 17.7 Å². The average molecular weight is 462 g/mol. The number of sulfonamides is 1. The van der Waals surface area contributed by atoms with Crippen molar-refractivity contribution in [3.8, 4) is 0 Å². The van der Waals surface area contributed by atoms with Crippen LogP contribution in [0.4, 0.5) is 5.69 Å². The molecule has 2 amide bonds. The average Bonchev–Trinajstić information content (AvgIpc) is 3.32. The lowest BCUT2D eigenvalue weighted by Gasteiger charge is -2.39. The molecule has 0 spiro atoms. The molecule has 0 aromatic heterocycles. The van der Waals surface area contributed by atoms with Gasteiger partial charge in [0.15, 0.2) is 0 Å². The molecule has 0 N–H and O–H groups in total. The predicted molar refractivity (Wildman–Crippen MR) is 124 cm³/mol. The Morgan fingerprint density at radius 1 is 0.969 bits per heavy atom. The Morgan fingerprint density at radius 2 is 1.69 bits per heavy atom. The maximum Gasteiger partial charge on any atom is 0.243 e. The minimum absolute atomic E-state index is 0.0486. The summed E-state index contributed by atoms with van der Waals surface area (Å²) in [4.78, 5) is 30.2. The number of carbonyl (C=O) groups excluding carboxylic acids is 2. The second kappa shape index (κ2) is 8.78. The van der Waals surface area contributed by atoms with Gasteiger partial charge in [-0.3, -0.25) is 9.59 Å². The van der Waals surface area contributed by atoms with Crippen molar-refractivity contribution in [2.45, 2.75) is 64.2 Å². The zero-order valence-corrected chi connectivity index (χ0v) is 20.3. The van der Waals surface area contributed by atoms with Crippen LogP contribution in [0.15, 0.2) is 23.1 Å². The summed E-state index contributed by atoms with van der Waals surface area (Å²) in [5.41, 5.74) is 1.28. The van der Waals surface area contributed by atoms with Gasteiger partial charge in [-0.1, -0.05) is 20.8 Å². The minimum atomic E-state index is -3.48. The number of carbonyl (C=O) groups is 2. The molecule has 0 radical (unpaired) electrons. The number of hydrogen-bond donors (Lipinski definition) is 0. The van der Waals surface area contributed by atoms with Crippen LogP contribution < -0.4 is 4.90 Å². The molecule has 3 aliphatic heterocycles. The fraction of sp³-hybridized carbons (Fsp3) is 0.667. The fourth-order valence-electron chi connectivity index (χ4n) is 5.10. The van der Waals surface area contributed by atoms with Crippen molar-refractivity contribution < 1.29 is 18.0 Å². The third kappa shape index (κ3) is 4.44. The third-order valence-electron chi connectivity index (χ3n) is 6.84. The summed E-state index contributed by atoms with van der Waals surface area (Å²) in [7, 11) is -3.48. The van der Waals surface area contributed by atoms with Gasteiger partial charge in [0.05, 0.1) is 10.8 Å². The maximum atomic E-state index is 13.5. The summed E-state index contributed by atoms with van der Waals surface area (Å²) in [5.74, 6) is -0.0766. The third-order valence-corrected chi connectivity index (χ3v) is 8.73. The number of benzene rings is 1. The standard InChI is InChI=1S/C24H35N3O4S/c1-24(2,3)23(29)25-12-6-9-19(17-25)22(28)27-15-7-8-18-16-20(10-11-21(18)27)32(30,31)26-13-4-5-14-26/h10-11,16,19H,4-9,12-15,17H2,1-3H3. The van der Waals surface area contributed by atoms with E-state index in [1.165, 1.54) is 0 Å². The van der Waals surface area contributed by atoms with E-state index in [1.807, 2.05) is 30.6 Å². The van der Waals surface area contributed by atoms with Crippen molar-refractivity contribution in [2.24, 2.45) is 11.3 Å². The van der Waals surface area contributed by atoms with E-state index in [2.05, 4.69) is 0 Å². The molecule has 32 heavy (non-hydrogen) atoms. The minimum Gasteiger partial charge on any atom is -0.341 e. The SMILES string of the molecule is CC(C)(C)C(=O)N1CCCC(C(=O)N2CCCc3cc(S(=O)(=O)N4CCCC4)ccc32)C1. The highest BCUT2D eigenvalue weighted by Crippen LogP contribution is 2.33. The monoisotopic (exact) mass is 461 g/mol. The van der Waals surface area contributed by atoms with Crippen molar-refractivity contribution in [1.29, 1.82) is 0 Å². The first-order valence-electron chi connectivity index (χ1n) is 11.8. The molecule has 0 saturated carbocycles. The Labute approximate surface area is 191 Å². The number of hydrogen-bond acceptors (Lipinski definition) is 4. The van der Waals surface area contributed by atoms with Gasteiger partial charge in [0.25, 0.3) is 0 Å². The van der Waals surface area contributed by atoms with E-state index in [0.717, 1.165) is 49.8 Å². The van der Waals surface area contributed by atoms with Crippen molar-refractivity contribution in [1.82, 2.24) is 9.21 Å². The van der Waals surface area contributed by atoms with Crippen molar-refractivity contribution in [3.05, 3.63) is 23.8 Å². The van der Waals surface area contributed by atoms with Gasteiger partial charge in [0, 0.05) is 43.8 Å². The molecule has 176 valence electrons. The summed E-state index contributed by atoms with van der Waals surface area (Å²) >= 11 is 0. The summed E-state index contributed by atoms with van der Waals surface area (Å²) in [5, 5.41) is 0. The second-order valence-electron chi connectivity index (χ2n) is 10.3. The predicted octanol–water partition coefficient (Wildman–Crippen LogP) is 3.04. The highest BCUT2D eigenvalue weighted by atomic mass is 32.2. The van der Waals surface area contributed by atoms with Gasteiger partial charge < -0.3 is 9.80 Å². The lowest BCUT2D eigenvalue weighted by molar-refractivity contribution is -0.142. The van der Waals surface area contributed by atoms with Gasteiger partial charge in [-0.2, -0.15) is 4.31 Å². The Hall–Kier alpha value is -1.93. The number of aryl methyl sites for hydroxylation is 1. The van der Waals surface area contributed by atoms with Crippen LogP contribution in [0.25, 0.3) is 0 Å². The van der Waals surface area contributed by atoms with Gasteiger partial charge >= 0.3 is 0 Å². The van der Waals surface area contributed by atoms with Crippen LogP contribution in [0.1, 0.15) is 58.4 Å². The van der Waals surface area contributed by atoms with E-state index < -0.39 is 15.4 Å². The molecule has 3 aliphatic rings. The Kier molecular flexibility index (Phi) is 6.38. The molecule has 1 unspecified atom stereocenters. The number of anilines is 1. The molecule has 2 fully saturated rings. The first-order chi connectivity index (χ1) is 15.1. The molecule has 1 atom stereocenters. The van der Waals surface area contributed by atoms with Crippen LogP contribution in [0.2, 0.25) is 0 Å². The highest BCUT2D eigenvalue weighted by Gasteiger charge is 2.36. The highest BCUT2D eigenvalue weighted by molar-refractivity contribution is 7.89. The lowest BCUT2D eigenvalue weighted by Crippen LogP contribution is -2.50. The van der Waals surface area contributed by atoms with E-state index in [9.17, 15) is 18.0 Å². The Bertz CT molecular complexity index is 993. The molecule has 8 heteroatoms. The number of fused-ring (bicyclic) bond motifs is 1. The van der Waals surface area contributed by atoms with E-state index in [4.69, 9.17) is 0 Å². The van der Waals surface area contributed by atoms with Gasteiger partial charge in [-0.05, 0) is 62.3 Å². The summed E-state index contributed by atoms with van der Waals surface area (Å²) in [6.45, 7) is 8.69. The quantitative estimate of drug-likeness (QED) is 0.693. The smallest absolute Gasteiger partial charge is 0.243 e. The molecule has 2 saturated heterocycles. The number of rotatable bonds is 3. The maximum absolute atomic E-state index is 13.5. The van der Waals surface area contributed by atoms with Crippen molar-refractivity contribution in [3.63, 3.8) is 0 Å². The van der Waals surface area contributed by atoms with Gasteiger partial charge in [0.1, 0.15) is 0 Å². The first-order valence-corrected chi connectivity index (χ1v) is 13.3. The summed E-state index contributed by atoms with van der Waals surface area (Å²) in [6.07, 6.45) is 4.99. The molecule has 4 rings (SSSR count). The Balaban J connectivity index is 1.54. The topological polar surface area (TPSA) is 78.0 Å². The zero-order chi connectivity index (χ0) is 23.1. The van der Waals surface area contributed by atoms with E-state index >= 15 is 0 Å². The summed E-state index contributed by atoms with van der Waals surface area (Å²) < 4.78 is 27.5. The Morgan fingerprint density at radius 3 is 2.38 bits per heavy atom. The largest absolute Gasteiger partial charge is 0.341 e. The second-order valence-corrected chi connectivity index (χ2v) is 12.3. The van der Waals surface area contributed by atoms with Crippen LogP contribution in [-0.2, 0) is 26.0 Å². The summed E-state index contributed by atoms with van der Waals surface area (Å²) in [6, 6.07) is 5.21. The molecular weight excluding hydrogens is 426 g/mol. The van der Waals surface area contributed by atoms with Crippen LogP contribution in [-0.4, -0.2) is 62.2 Å². The van der Waals surface area contributed by atoms with Crippen molar-refractivity contribution in [2.75, 3.05) is 37.6 Å². The van der Waals surface area contributed by atoms with Crippen LogP contribution in [0.3, 0.4) is 0 Å². The molecule has 3 heterocycles. The van der Waals surface area contributed by atoms with Crippen LogP contribution in [0.5, 0.6) is 0 Å². The molecule has 1 aromatic rings. The molecule has 1 aromatic carbocycles. The van der Waals surface area contributed by atoms with Gasteiger partial charge in [-0.15, -0.1) is 0 Å². The van der Waals surface area contributed by atoms with Crippen LogP contribution >= 0.6 is 0 Å². The normalized spacial score (nSPS) is 22.7. The zero-order valence-electron chi connectivity index (χ0n) is 19.5. The molecule has 7 nitrogen and oxygen atoms in total. The first kappa shape index (κ1) is 23.2. The van der Waals surface area contributed by atoms with Gasteiger partial charge in [-0.25, -0.2) is 8.42 Å². The van der Waals surface area contributed by atoms with Crippen molar-refractivity contribution >= 4 is 27.5 Å². The fourth-order valence-corrected chi connectivity index (χ4v) is 6.67.